The number of carboxylic acids is 1. The maximum atomic E-state index is 11.0. The third kappa shape index (κ3) is 4.19. The normalized spacial score (nSPS) is 11.4. The van der Waals surface area contributed by atoms with Crippen LogP contribution in [-0.4, -0.2) is 22.2 Å². The van der Waals surface area contributed by atoms with Gasteiger partial charge in [0.2, 0.25) is 11.7 Å². The van der Waals surface area contributed by atoms with Crippen LogP contribution < -0.4 is 0 Å². The van der Waals surface area contributed by atoms with Gasteiger partial charge in [-0.15, -0.1) is 0 Å². The zero-order chi connectivity index (χ0) is 13.0. The summed E-state index contributed by atoms with van der Waals surface area (Å²) in [7, 11) is 0. The highest BCUT2D eigenvalue weighted by molar-refractivity contribution is 5.85. The van der Waals surface area contributed by atoms with Crippen LogP contribution in [-0.2, 0) is 17.8 Å². The minimum atomic E-state index is -1.08. The Balaban J connectivity index is 2.84. The van der Waals surface area contributed by atoms with Crippen molar-refractivity contribution < 1.29 is 19.1 Å². The van der Waals surface area contributed by atoms with Gasteiger partial charge in [-0.1, -0.05) is 13.8 Å². The van der Waals surface area contributed by atoms with E-state index in [2.05, 4.69) is 4.98 Å². The molecule has 0 aromatic carbocycles. The molecule has 0 aliphatic rings. The molecule has 0 bridgehead atoms. The topological polar surface area (TPSA) is 72.6 Å². The van der Waals surface area contributed by atoms with E-state index in [-0.39, 0.29) is 18.5 Å². The summed E-state index contributed by atoms with van der Waals surface area (Å²) in [4.78, 5) is 15.2. The van der Waals surface area contributed by atoms with Gasteiger partial charge in [0.05, 0.1) is 11.8 Å². The average molecular weight is 241 g/mol. The number of nitrogens with zero attached hydrogens (tertiary/aromatic N) is 1. The van der Waals surface area contributed by atoms with Gasteiger partial charge in [0.1, 0.15) is 6.61 Å². The van der Waals surface area contributed by atoms with Crippen LogP contribution in [0.2, 0.25) is 0 Å². The first-order chi connectivity index (χ1) is 7.90. The molecule has 0 aliphatic heterocycles. The Labute approximate surface area is 101 Å². The summed E-state index contributed by atoms with van der Waals surface area (Å²) in [5.74, 6) is -0.492. The Morgan fingerprint density at radius 1 is 1.41 bits per heavy atom. The predicted octanol–water partition coefficient (Wildman–Crippen LogP) is 2.50. The van der Waals surface area contributed by atoms with E-state index in [1.54, 1.807) is 0 Å². The third-order valence-corrected chi connectivity index (χ3v) is 2.08. The molecule has 1 heterocycles. The van der Waals surface area contributed by atoms with Crippen molar-refractivity contribution in [2.75, 3.05) is 0 Å². The van der Waals surface area contributed by atoms with E-state index in [9.17, 15) is 4.79 Å². The molecule has 1 N–H and O–H groups in total. The number of carbonyl (C=O) groups is 1. The minimum Gasteiger partial charge on any atom is -0.475 e. The van der Waals surface area contributed by atoms with Crippen molar-refractivity contribution in [1.29, 1.82) is 0 Å². The number of rotatable bonds is 6. The summed E-state index contributed by atoms with van der Waals surface area (Å²) in [6.07, 6.45) is 0.649. The first-order valence-corrected chi connectivity index (χ1v) is 5.73. The molecule has 0 unspecified atom stereocenters. The second-order valence-corrected chi connectivity index (χ2v) is 4.65. The quantitative estimate of drug-likeness (QED) is 0.828. The molecule has 1 aromatic rings. The van der Waals surface area contributed by atoms with E-state index >= 15 is 0 Å². The van der Waals surface area contributed by atoms with Crippen LogP contribution in [0, 0.1) is 5.92 Å². The standard InChI is InChI=1S/C12H19NO4/c1-7(2)5-9-11(12(14)15)17-10(13-9)6-16-8(3)4/h7-8H,5-6H2,1-4H3,(H,14,15). The highest BCUT2D eigenvalue weighted by atomic mass is 16.5. The van der Waals surface area contributed by atoms with Gasteiger partial charge >= 0.3 is 5.97 Å². The molecule has 0 atom stereocenters. The zero-order valence-corrected chi connectivity index (χ0v) is 10.7. The fourth-order valence-electron chi connectivity index (χ4n) is 1.39. The van der Waals surface area contributed by atoms with E-state index in [0.29, 0.717) is 23.9 Å². The van der Waals surface area contributed by atoms with Gasteiger partial charge in [-0.25, -0.2) is 9.78 Å². The Morgan fingerprint density at radius 2 is 2.06 bits per heavy atom. The summed E-state index contributed by atoms with van der Waals surface area (Å²) in [5.41, 5.74) is 0.495. The van der Waals surface area contributed by atoms with Gasteiger partial charge in [-0.2, -0.15) is 0 Å². The molecule has 1 rings (SSSR count). The fraction of sp³-hybridized carbons (Fsp3) is 0.667. The van der Waals surface area contributed by atoms with Crippen LogP contribution in [0.5, 0.6) is 0 Å². The van der Waals surface area contributed by atoms with Crippen molar-refractivity contribution in [1.82, 2.24) is 4.98 Å². The first kappa shape index (κ1) is 13.7. The number of aromatic carboxylic acids is 1. The number of hydrogen-bond acceptors (Lipinski definition) is 4. The molecule has 0 spiro atoms. The third-order valence-electron chi connectivity index (χ3n) is 2.08. The van der Waals surface area contributed by atoms with Crippen LogP contribution in [0.1, 0.15) is 49.8 Å². The first-order valence-electron chi connectivity index (χ1n) is 5.73. The SMILES string of the molecule is CC(C)Cc1nc(COC(C)C)oc1C(=O)O. The van der Waals surface area contributed by atoms with E-state index < -0.39 is 5.97 Å². The van der Waals surface area contributed by atoms with Crippen LogP contribution in [0.3, 0.4) is 0 Å². The van der Waals surface area contributed by atoms with E-state index in [1.165, 1.54) is 0 Å². The lowest BCUT2D eigenvalue weighted by Crippen LogP contribution is -2.03. The van der Waals surface area contributed by atoms with Gasteiger partial charge in [-0.05, 0) is 26.2 Å². The number of aromatic nitrogens is 1. The van der Waals surface area contributed by atoms with Gasteiger partial charge in [-0.3, -0.25) is 0 Å². The maximum absolute atomic E-state index is 11.0. The molecule has 0 radical (unpaired) electrons. The van der Waals surface area contributed by atoms with Crippen LogP contribution in [0.25, 0.3) is 0 Å². The lowest BCUT2D eigenvalue weighted by molar-refractivity contribution is 0.0489. The van der Waals surface area contributed by atoms with Crippen LogP contribution in [0.15, 0.2) is 4.42 Å². The van der Waals surface area contributed by atoms with Crippen LogP contribution >= 0.6 is 0 Å². The van der Waals surface area contributed by atoms with Crippen molar-refractivity contribution in [3.63, 3.8) is 0 Å². The molecule has 5 nitrogen and oxygen atoms in total. The van der Waals surface area contributed by atoms with Crippen molar-refractivity contribution in [2.24, 2.45) is 5.92 Å². The van der Waals surface area contributed by atoms with Crippen molar-refractivity contribution in [3.8, 4) is 0 Å². The molecule has 0 aliphatic carbocycles. The van der Waals surface area contributed by atoms with Gasteiger partial charge < -0.3 is 14.3 Å². The van der Waals surface area contributed by atoms with Crippen molar-refractivity contribution >= 4 is 5.97 Å². The second-order valence-electron chi connectivity index (χ2n) is 4.65. The largest absolute Gasteiger partial charge is 0.475 e. The average Bonchev–Trinajstić information content (AvgIpc) is 2.57. The summed E-state index contributed by atoms with van der Waals surface area (Å²) >= 11 is 0. The monoisotopic (exact) mass is 241 g/mol. The zero-order valence-electron chi connectivity index (χ0n) is 10.7. The molecule has 17 heavy (non-hydrogen) atoms. The maximum Gasteiger partial charge on any atom is 0.373 e. The number of ether oxygens (including phenoxy) is 1. The number of hydrogen-bond donors (Lipinski definition) is 1. The van der Waals surface area contributed by atoms with Gasteiger partial charge in [0, 0.05) is 0 Å². The molecule has 0 saturated carbocycles. The Kier molecular flexibility index (Phi) is 4.69. The van der Waals surface area contributed by atoms with Crippen molar-refractivity contribution in [3.05, 3.63) is 17.3 Å². The van der Waals surface area contributed by atoms with E-state index in [0.717, 1.165) is 0 Å². The van der Waals surface area contributed by atoms with Crippen LogP contribution in [0.4, 0.5) is 0 Å². The minimum absolute atomic E-state index is 0.0590. The summed E-state index contributed by atoms with van der Waals surface area (Å²) < 4.78 is 10.5. The van der Waals surface area contributed by atoms with E-state index in [1.807, 2.05) is 27.7 Å². The Bertz CT molecular complexity index is 382. The van der Waals surface area contributed by atoms with Gasteiger partial charge in [0.25, 0.3) is 0 Å². The molecule has 96 valence electrons. The van der Waals surface area contributed by atoms with E-state index in [4.69, 9.17) is 14.3 Å². The summed E-state index contributed by atoms with van der Waals surface area (Å²) in [5, 5.41) is 8.99. The molecule has 0 saturated heterocycles. The molecule has 5 heteroatoms. The Morgan fingerprint density at radius 3 is 2.53 bits per heavy atom. The number of carboxylic acid groups (broad SMARTS) is 1. The highest BCUT2D eigenvalue weighted by Gasteiger charge is 2.20. The molecular formula is C12H19NO4. The molecule has 0 fully saturated rings. The summed E-state index contributed by atoms with van der Waals surface area (Å²) in [6.45, 7) is 8.01. The number of oxazole rings is 1. The molecule has 0 amide bonds. The van der Waals surface area contributed by atoms with Gasteiger partial charge in [0.15, 0.2) is 0 Å². The van der Waals surface area contributed by atoms with Crippen molar-refractivity contribution in [2.45, 2.75) is 46.8 Å². The predicted molar refractivity (Wildman–Crippen MR) is 61.9 cm³/mol. The Hall–Kier alpha value is -1.36. The highest BCUT2D eigenvalue weighted by Crippen LogP contribution is 2.16. The smallest absolute Gasteiger partial charge is 0.373 e. The lowest BCUT2D eigenvalue weighted by atomic mass is 10.1. The molecule has 1 aromatic heterocycles. The summed E-state index contributed by atoms with van der Waals surface area (Å²) in [6, 6.07) is 0. The lowest BCUT2D eigenvalue weighted by Gasteiger charge is -2.03. The fourth-order valence-corrected chi connectivity index (χ4v) is 1.39. The molecular weight excluding hydrogens is 222 g/mol. The second kappa shape index (κ2) is 5.82.